The van der Waals surface area contributed by atoms with Gasteiger partial charge in [0.25, 0.3) is 0 Å². The van der Waals surface area contributed by atoms with Crippen molar-refractivity contribution in [1.82, 2.24) is 14.3 Å². The van der Waals surface area contributed by atoms with Crippen molar-refractivity contribution in [3.05, 3.63) is 42.2 Å². The minimum absolute atomic E-state index is 0.133. The number of anilines is 1. The maximum atomic E-state index is 13.0. The first-order valence-electron chi connectivity index (χ1n) is 10.3. The van der Waals surface area contributed by atoms with Crippen LogP contribution in [0.15, 0.2) is 41.6 Å². The highest BCUT2D eigenvalue weighted by molar-refractivity contribution is 7.89. The van der Waals surface area contributed by atoms with Crippen molar-refractivity contribution < 1.29 is 22.7 Å². The van der Waals surface area contributed by atoms with Gasteiger partial charge in [-0.3, -0.25) is 14.5 Å². The number of benzene rings is 1. The standard InChI is InChI=1S/C21H24N4O5S/c1-2-15-13-22-21(23-14-15)30-17-9-11-24(12-10-17)31(28,29)18-5-3-16(4-6-18)25-19(26)7-8-20(25)27/h3-6,13-14,17H,2,7-12H2,1H3. The fourth-order valence-electron chi connectivity index (χ4n) is 3.71. The molecule has 10 heteroatoms. The molecule has 0 saturated carbocycles. The molecule has 2 aliphatic heterocycles. The Morgan fingerprint density at radius 2 is 1.58 bits per heavy atom. The molecular weight excluding hydrogens is 420 g/mol. The fourth-order valence-corrected chi connectivity index (χ4v) is 5.18. The Labute approximate surface area is 181 Å². The van der Waals surface area contributed by atoms with Crippen LogP contribution in [-0.2, 0) is 26.0 Å². The highest BCUT2D eigenvalue weighted by atomic mass is 32.2. The second-order valence-corrected chi connectivity index (χ2v) is 9.50. The number of nitrogens with zero attached hydrogens (tertiary/aromatic N) is 4. The van der Waals surface area contributed by atoms with Crippen LogP contribution in [0.25, 0.3) is 0 Å². The summed E-state index contributed by atoms with van der Waals surface area (Å²) in [6, 6.07) is 6.19. The number of hydrogen-bond donors (Lipinski definition) is 0. The Morgan fingerprint density at radius 1 is 1.00 bits per heavy atom. The summed E-state index contributed by atoms with van der Waals surface area (Å²) in [6.07, 6.45) is 5.60. The molecule has 2 aliphatic rings. The molecule has 1 aromatic carbocycles. The van der Waals surface area contributed by atoms with Crippen molar-refractivity contribution in [2.45, 2.75) is 50.0 Å². The Bertz CT molecular complexity index is 1050. The molecule has 0 aliphatic carbocycles. The molecule has 0 N–H and O–H groups in total. The smallest absolute Gasteiger partial charge is 0.316 e. The van der Waals surface area contributed by atoms with Gasteiger partial charge in [-0.2, -0.15) is 4.31 Å². The van der Waals surface area contributed by atoms with E-state index in [2.05, 4.69) is 9.97 Å². The predicted octanol–water partition coefficient (Wildman–Crippen LogP) is 1.92. The quantitative estimate of drug-likeness (QED) is 0.626. The predicted molar refractivity (Wildman–Crippen MR) is 112 cm³/mol. The molecule has 1 aromatic heterocycles. The summed E-state index contributed by atoms with van der Waals surface area (Å²) in [7, 11) is -3.68. The number of carbonyl (C=O) groups is 2. The van der Waals surface area contributed by atoms with Crippen molar-refractivity contribution in [3.63, 3.8) is 0 Å². The van der Waals surface area contributed by atoms with Crippen molar-refractivity contribution in [2.75, 3.05) is 18.0 Å². The average Bonchev–Trinajstić information content (AvgIpc) is 3.12. The normalized spacial score (nSPS) is 18.5. The third kappa shape index (κ3) is 4.45. The van der Waals surface area contributed by atoms with Gasteiger partial charge < -0.3 is 4.74 Å². The number of aryl methyl sites for hydroxylation is 1. The van der Waals surface area contributed by atoms with Crippen LogP contribution in [0.2, 0.25) is 0 Å². The molecule has 2 aromatic rings. The van der Waals surface area contributed by atoms with Gasteiger partial charge in [0.2, 0.25) is 21.8 Å². The van der Waals surface area contributed by atoms with E-state index in [1.165, 1.54) is 28.6 Å². The van der Waals surface area contributed by atoms with Gasteiger partial charge in [0.05, 0.1) is 10.6 Å². The number of carbonyl (C=O) groups excluding carboxylic acids is 2. The minimum atomic E-state index is -3.68. The van der Waals surface area contributed by atoms with Crippen LogP contribution in [0.5, 0.6) is 6.01 Å². The lowest BCUT2D eigenvalue weighted by Gasteiger charge is -2.31. The zero-order valence-electron chi connectivity index (χ0n) is 17.2. The average molecular weight is 445 g/mol. The zero-order chi connectivity index (χ0) is 22.0. The van der Waals surface area contributed by atoms with Crippen LogP contribution < -0.4 is 9.64 Å². The fraction of sp³-hybridized carbons (Fsp3) is 0.429. The van der Waals surface area contributed by atoms with E-state index in [1.54, 1.807) is 12.4 Å². The Hall–Kier alpha value is -2.85. The first-order chi connectivity index (χ1) is 14.9. The van der Waals surface area contributed by atoms with E-state index in [0.717, 1.165) is 16.9 Å². The molecule has 0 unspecified atom stereocenters. The van der Waals surface area contributed by atoms with Gasteiger partial charge in [0.1, 0.15) is 6.10 Å². The van der Waals surface area contributed by atoms with Crippen LogP contribution in [0.3, 0.4) is 0 Å². The lowest BCUT2D eigenvalue weighted by Crippen LogP contribution is -2.41. The lowest BCUT2D eigenvalue weighted by atomic mass is 10.1. The maximum Gasteiger partial charge on any atom is 0.316 e. The van der Waals surface area contributed by atoms with Crippen LogP contribution in [0.4, 0.5) is 5.69 Å². The van der Waals surface area contributed by atoms with Crippen molar-refractivity contribution in [2.24, 2.45) is 0 Å². The molecule has 0 atom stereocenters. The van der Waals surface area contributed by atoms with Gasteiger partial charge in [-0.15, -0.1) is 0 Å². The van der Waals surface area contributed by atoms with Crippen LogP contribution in [-0.4, -0.2) is 53.7 Å². The number of ether oxygens (including phenoxy) is 1. The molecule has 2 fully saturated rings. The lowest BCUT2D eigenvalue weighted by molar-refractivity contribution is -0.121. The van der Waals surface area contributed by atoms with Crippen molar-refractivity contribution >= 4 is 27.5 Å². The highest BCUT2D eigenvalue weighted by Gasteiger charge is 2.32. The van der Waals surface area contributed by atoms with E-state index in [4.69, 9.17) is 4.74 Å². The number of amides is 2. The first kappa shape index (κ1) is 21.4. The van der Waals surface area contributed by atoms with Gasteiger partial charge in [0, 0.05) is 38.3 Å². The summed E-state index contributed by atoms with van der Waals surface area (Å²) < 4.78 is 33.2. The molecule has 4 rings (SSSR count). The number of sulfonamides is 1. The summed E-state index contributed by atoms with van der Waals surface area (Å²) in [5.41, 5.74) is 1.42. The van der Waals surface area contributed by atoms with E-state index in [0.29, 0.717) is 37.6 Å². The third-order valence-corrected chi connectivity index (χ3v) is 7.46. The summed E-state index contributed by atoms with van der Waals surface area (Å²) in [6.45, 7) is 2.67. The summed E-state index contributed by atoms with van der Waals surface area (Å²) in [5.74, 6) is -0.535. The van der Waals surface area contributed by atoms with Crippen molar-refractivity contribution in [3.8, 4) is 6.01 Å². The monoisotopic (exact) mass is 444 g/mol. The second-order valence-electron chi connectivity index (χ2n) is 7.57. The molecular formula is C21H24N4O5S. The van der Waals surface area contributed by atoms with Crippen molar-refractivity contribution in [1.29, 1.82) is 0 Å². The van der Waals surface area contributed by atoms with E-state index in [1.807, 2.05) is 6.92 Å². The Kier molecular flexibility index (Phi) is 6.01. The largest absolute Gasteiger partial charge is 0.460 e. The molecule has 2 saturated heterocycles. The van der Waals surface area contributed by atoms with Gasteiger partial charge >= 0.3 is 6.01 Å². The molecule has 2 amide bonds. The molecule has 3 heterocycles. The van der Waals surface area contributed by atoms with Gasteiger partial charge in [-0.1, -0.05) is 6.92 Å². The first-order valence-corrected chi connectivity index (χ1v) is 11.8. The zero-order valence-corrected chi connectivity index (χ0v) is 18.0. The summed E-state index contributed by atoms with van der Waals surface area (Å²) in [5, 5.41) is 0. The third-order valence-electron chi connectivity index (χ3n) is 5.55. The maximum absolute atomic E-state index is 13.0. The Morgan fingerprint density at radius 3 is 2.13 bits per heavy atom. The van der Waals surface area contributed by atoms with Gasteiger partial charge in [-0.05, 0) is 49.1 Å². The van der Waals surface area contributed by atoms with Crippen LogP contribution >= 0.6 is 0 Å². The van der Waals surface area contributed by atoms with Crippen LogP contribution in [0, 0.1) is 0 Å². The molecule has 0 radical (unpaired) electrons. The topological polar surface area (TPSA) is 110 Å². The summed E-state index contributed by atoms with van der Waals surface area (Å²) in [4.78, 5) is 33.4. The van der Waals surface area contributed by atoms with E-state index < -0.39 is 10.0 Å². The van der Waals surface area contributed by atoms with Gasteiger partial charge in [-0.25, -0.2) is 18.4 Å². The second kappa shape index (κ2) is 8.72. The molecule has 0 spiro atoms. The Balaban J connectivity index is 1.38. The molecule has 9 nitrogen and oxygen atoms in total. The van der Waals surface area contributed by atoms with Crippen LogP contribution in [0.1, 0.15) is 38.2 Å². The SMILES string of the molecule is CCc1cnc(OC2CCN(S(=O)(=O)c3ccc(N4C(=O)CCC4=O)cc3)CC2)nc1. The number of rotatable bonds is 6. The number of hydrogen-bond acceptors (Lipinski definition) is 7. The number of piperidine rings is 1. The minimum Gasteiger partial charge on any atom is -0.460 e. The molecule has 0 bridgehead atoms. The molecule has 31 heavy (non-hydrogen) atoms. The van der Waals surface area contributed by atoms with Gasteiger partial charge in [0.15, 0.2) is 0 Å². The highest BCUT2D eigenvalue weighted by Crippen LogP contribution is 2.27. The van der Waals surface area contributed by atoms with E-state index in [-0.39, 0.29) is 35.7 Å². The van der Waals surface area contributed by atoms with E-state index in [9.17, 15) is 18.0 Å². The number of aromatic nitrogens is 2. The summed E-state index contributed by atoms with van der Waals surface area (Å²) >= 11 is 0. The number of imide groups is 1. The van der Waals surface area contributed by atoms with E-state index >= 15 is 0 Å². The molecule has 164 valence electrons.